The normalized spacial score (nSPS) is 9.42. The van der Waals surface area contributed by atoms with Crippen LogP contribution in [0, 0.1) is 6.92 Å². The van der Waals surface area contributed by atoms with E-state index in [1.165, 1.54) is 11.1 Å². The van der Waals surface area contributed by atoms with Crippen molar-refractivity contribution >= 4 is 16.7 Å². The molecule has 0 aliphatic heterocycles. The molecule has 12 heavy (non-hydrogen) atoms. The molecule has 1 rings (SSSR count). The van der Waals surface area contributed by atoms with Gasteiger partial charge in [0, 0.05) is 4.91 Å². The predicted octanol–water partition coefficient (Wildman–Crippen LogP) is 3.84. The average molecular weight is 176 g/mol. The largest absolute Gasteiger partial charge is 0.0987 e. The lowest BCUT2D eigenvalue weighted by molar-refractivity contribution is 1.46. The SMILES string of the molecule is C=CSC(=C)c1ccc(C)cc1. The van der Waals surface area contributed by atoms with Crippen molar-refractivity contribution in [3.05, 3.63) is 54.0 Å². The van der Waals surface area contributed by atoms with Crippen LogP contribution in [-0.2, 0) is 0 Å². The van der Waals surface area contributed by atoms with Crippen molar-refractivity contribution in [1.29, 1.82) is 0 Å². The summed E-state index contributed by atoms with van der Waals surface area (Å²) in [6.07, 6.45) is 0. The summed E-state index contributed by atoms with van der Waals surface area (Å²) in [5, 5.41) is 1.79. The Hall–Kier alpha value is -0.950. The molecule has 0 amide bonds. The molecule has 0 saturated carbocycles. The maximum Gasteiger partial charge on any atom is 0.0116 e. The fourth-order valence-electron chi connectivity index (χ4n) is 0.908. The first-order valence-electron chi connectivity index (χ1n) is 3.77. The Morgan fingerprint density at radius 3 is 2.42 bits per heavy atom. The van der Waals surface area contributed by atoms with Crippen molar-refractivity contribution in [2.24, 2.45) is 0 Å². The Morgan fingerprint density at radius 1 is 1.33 bits per heavy atom. The van der Waals surface area contributed by atoms with Crippen molar-refractivity contribution in [2.75, 3.05) is 0 Å². The van der Waals surface area contributed by atoms with E-state index in [9.17, 15) is 0 Å². The van der Waals surface area contributed by atoms with Crippen LogP contribution in [0.2, 0.25) is 0 Å². The molecule has 0 fully saturated rings. The van der Waals surface area contributed by atoms with Crippen LogP contribution in [0.3, 0.4) is 0 Å². The van der Waals surface area contributed by atoms with Gasteiger partial charge in [-0.1, -0.05) is 54.7 Å². The first-order chi connectivity index (χ1) is 5.74. The molecule has 0 radical (unpaired) electrons. The van der Waals surface area contributed by atoms with Gasteiger partial charge < -0.3 is 0 Å². The fraction of sp³-hybridized carbons (Fsp3) is 0.0909. The van der Waals surface area contributed by atoms with Gasteiger partial charge in [-0.25, -0.2) is 0 Å². The van der Waals surface area contributed by atoms with Crippen LogP contribution >= 0.6 is 11.8 Å². The molecular formula is C11H12S. The lowest BCUT2D eigenvalue weighted by Gasteiger charge is -2.01. The quantitative estimate of drug-likeness (QED) is 0.674. The fourth-order valence-corrected chi connectivity index (χ4v) is 1.38. The van der Waals surface area contributed by atoms with E-state index < -0.39 is 0 Å². The van der Waals surface area contributed by atoms with E-state index in [1.807, 2.05) is 0 Å². The Kier molecular flexibility index (Phi) is 3.18. The number of rotatable bonds is 3. The summed E-state index contributed by atoms with van der Waals surface area (Å²) < 4.78 is 0. The van der Waals surface area contributed by atoms with Crippen LogP contribution in [0.25, 0.3) is 4.91 Å². The minimum atomic E-state index is 1.05. The number of aryl methyl sites for hydroxylation is 1. The van der Waals surface area contributed by atoms with E-state index in [0.717, 1.165) is 4.91 Å². The summed E-state index contributed by atoms with van der Waals surface area (Å²) >= 11 is 1.56. The van der Waals surface area contributed by atoms with Gasteiger partial charge in [0.05, 0.1) is 0 Å². The third kappa shape index (κ3) is 2.28. The number of hydrogen-bond donors (Lipinski definition) is 0. The average Bonchev–Trinajstić information content (AvgIpc) is 2.06. The molecule has 0 unspecified atom stereocenters. The topological polar surface area (TPSA) is 0 Å². The van der Waals surface area contributed by atoms with Gasteiger partial charge in [0.2, 0.25) is 0 Å². The predicted molar refractivity (Wildman–Crippen MR) is 58.0 cm³/mol. The highest BCUT2D eigenvalue weighted by Crippen LogP contribution is 2.25. The second kappa shape index (κ2) is 4.17. The first kappa shape index (κ1) is 9.14. The molecule has 0 aliphatic rings. The first-order valence-corrected chi connectivity index (χ1v) is 4.65. The van der Waals surface area contributed by atoms with Crippen LogP contribution in [0.4, 0.5) is 0 Å². The lowest BCUT2D eigenvalue weighted by Crippen LogP contribution is -1.77. The summed E-state index contributed by atoms with van der Waals surface area (Å²) in [7, 11) is 0. The van der Waals surface area contributed by atoms with Gasteiger partial charge in [-0.3, -0.25) is 0 Å². The number of thioether (sulfide) groups is 1. The van der Waals surface area contributed by atoms with Crippen molar-refractivity contribution in [1.82, 2.24) is 0 Å². The third-order valence-electron chi connectivity index (χ3n) is 1.60. The molecule has 0 aliphatic carbocycles. The van der Waals surface area contributed by atoms with E-state index in [1.54, 1.807) is 17.2 Å². The molecule has 0 saturated heterocycles. The molecule has 0 aromatic heterocycles. The van der Waals surface area contributed by atoms with Gasteiger partial charge in [-0.2, -0.15) is 0 Å². The third-order valence-corrected chi connectivity index (χ3v) is 2.29. The van der Waals surface area contributed by atoms with Crippen LogP contribution in [-0.4, -0.2) is 0 Å². The van der Waals surface area contributed by atoms with E-state index >= 15 is 0 Å². The van der Waals surface area contributed by atoms with Crippen LogP contribution < -0.4 is 0 Å². The summed E-state index contributed by atoms with van der Waals surface area (Å²) in [6, 6.07) is 8.33. The molecular weight excluding hydrogens is 164 g/mol. The molecule has 0 nitrogen and oxygen atoms in total. The lowest BCUT2D eigenvalue weighted by atomic mass is 10.1. The number of hydrogen-bond acceptors (Lipinski definition) is 1. The van der Waals surface area contributed by atoms with E-state index in [2.05, 4.69) is 44.3 Å². The highest BCUT2D eigenvalue weighted by Gasteiger charge is 1.95. The highest BCUT2D eigenvalue weighted by molar-refractivity contribution is 8.10. The zero-order chi connectivity index (χ0) is 8.97. The summed E-state index contributed by atoms with van der Waals surface area (Å²) in [5.41, 5.74) is 2.45. The second-order valence-electron chi connectivity index (χ2n) is 2.57. The Labute approximate surface area is 78.0 Å². The molecule has 1 heteroatoms. The smallest absolute Gasteiger partial charge is 0.0116 e. The molecule has 62 valence electrons. The van der Waals surface area contributed by atoms with Gasteiger partial charge in [-0.05, 0) is 17.9 Å². The van der Waals surface area contributed by atoms with E-state index in [4.69, 9.17) is 0 Å². The monoisotopic (exact) mass is 176 g/mol. The molecule has 0 heterocycles. The zero-order valence-electron chi connectivity index (χ0n) is 7.21. The summed E-state index contributed by atoms with van der Waals surface area (Å²) in [5.74, 6) is 0. The van der Waals surface area contributed by atoms with E-state index in [-0.39, 0.29) is 0 Å². The zero-order valence-corrected chi connectivity index (χ0v) is 8.03. The van der Waals surface area contributed by atoms with Crippen LogP contribution in [0.1, 0.15) is 11.1 Å². The van der Waals surface area contributed by atoms with E-state index in [0.29, 0.717) is 0 Å². The minimum absolute atomic E-state index is 1.05. The van der Waals surface area contributed by atoms with Gasteiger partial charge >= 0.3 is 0 Å². The Balaban J connectivity index is 2.82. The Bertz CT molecular complexity index is 282. The summed E-state index contributed by atoms with van der Waals surface area (Å²) in [4.78, 5) is 1.05. The van der Waals surface area contributed by atoms with Crippen molar-refractivity contribution in [2.45, 2.75) is 6.92 Å². The molecule has 0 N–H and O–H groups in total. The maximum atomic E-state index is 3.94. The van der Waals surface area contributed by atoms with Gasteiger partial charge in [0.25, 0.3) is 0 Å². The second-order valence-corrected chi connectivity index (χ2v) is 3.64. The summed E-state index contributed by atoms with van der Waals surface area (Å²) in [6.45, 7) is 9.66. The highest BCUT2D eigenvalue weighted by atomic mass is 32.2. The van der Waals surface area contributed by atoms with Crippen LogP contribution in [0.5, 0.6) is 0 Å². The molecule has 0 spiro atoms. The maximum absolute atomic E-state index is 3.94. The molecule has 0 bridgehead atoms. The van der Waals surface area contributed by atoms with Gasteiger partial charge in [-0.15, -0.1) is 0 Å². The van der Waals surface area contributed by atoms with Crippen LogP contribution in [0.15, 0.2) is 42.8 Å². The van der Waals surface area contributed by atoms with Crippen molar-refractivity contribution < 1.29 is 0 Å². The molecule has 1 aromatic rings. The molecule has 1 aromatic carbocycles. The molecule has 0 atom stereocenters. The van der Waals surface area contributed by atoms with Crippen molar-refractivity contribution in [3.8, 4) is 0 Å². The van der Waals surface area contributed by atoms with Gasteiger partial charge in [0.15, 0.2) is 0 Å². The Morgan fingerprint density at radius 2 is 1.92 bits per heavy atom. The standard InChI is InChI=1S/C11H12S/c1-4-12-10(3)11-7-5-9(2)6-8-11/h4-8H,1,3H2,2H3. The minimum Gasteiger partial charge on any atom is -0.0987 e. The number of benzene rings is 1. The van der Waals surface area contributed by atoms with Crippen molar-refractivity contribution in [3.63, 3.8) is 0 Å². The van der Waals surface area contributed by atoms with Gasteiger partial charge in [0.1, 0.15) is 0 Å².